The smallest absolute Gasteiger partial charge is 0.153 e. The number of benzene rings is 2. The average Bonchev–Trinajstić information content (AvgIpc) is 3.03. The molecule has 1 aromatic heterocycles. The van der Waals surface area contributed by atoms with Crippen molar-refractivity contribution in [3.8, 4) is 22.8 Å². The number of nitrogens with zero attached hydrogens (tertiary/aromatic N) is 3. The Hall–Kier alpha value is -2.63. The molecule has 0 radical (unpaired) electrons. The number of aromatic nitrogens is 2. The number of aldehydes is 1. The summed E-state index contributed by atoms with van der Waals surface area (Å²) < 4.78 is 7.93. The summed E-state index contributed by atoms with van der Waals surface area (Å²) >= 11 is 6.00. The van der Waals surface area contributed by atoms with Crippen LogP contribution in [-0.4, -0.2) is 34.8 Å². The van der Waals surface area contributed by atoms with Gasteiger partial charge in [-0.05, 0) is 57.4 Å². The van der Waals surface area contributed by atoms with Gasteiger partial charge in [0.2, 0.25) is 0 Å². The Morgan fingerprint density at radius 1 is 1.19 bits per heavy atom. The highest BCUT2D eigenvalue weighted by Crippen LogP contribution is 2.30. The number of ether oxygens (including phenoxy) is 1. The monoisotopic (exact) mass is 383 g/mol. The van der Waals surface area contributed by atoms with E-state index in [1.807, 2.05) is 51.6 Å². The van der Waals surface area contributed by atoms with E-state index in [-0.39, 0.29) is 6.04 Å². The molecule has 2 aromatic carbocycles. The number of rotatable bonds is 6. The molecule has 140 valence electrons. The number of hydrogen-bond donors (Lipinski definition) is 0. The summed E-state index contributed by atoms with van der Waals surface area (Å²) in [5.41, 5.74) is 2.52. The lowest BCUT2D eigenvalue weighted by atomic mass is 10.1. The molecular formula is C21H22ClN3O2. The summed E-state index contributed by atoms with van der Waals surface area (Å²) in [6.07, 6.45) is 2.63. The molecule has 0 saturated carbocycles. The number of imidazole rings is 1. The molecule has 0 N–H and O–H groups in total. The van der Waals surface area contributed by atoms with Gasteiger partial charge in [0.1, 0.15) is 17.3 Å². The molecular weight excluding hydrogens is 362 g/mol. The molecule has 6 heteroatoms. The van der Waals surface area contributed by atoms with Gasteiger partial charge >= 0.3 is 0 Å². The molecule has 0 amide bonds. The maximum atomic E-state index is 11.2. The SMILES string of the molecule is C[C@H](c1ncc(-c2ccc(Oc3cc(Cl)ccc3C=O)cc2)n1C)N(C)C. The van der Waals surface area contributed by atoms with Crippen molar-refractivity contribution in [2.75, 3.05) is 14.1 Å². The Balaban J connectivity index is 1.85. The normalized spacial score (nSPS) is 12.2. The number of carbonyl (C=O) groups is 1. The van der Waals surface area contributed by atoms with Crippen molar-refractivity contribution < 1.29 is 9.53 Å². The highest BCUT2D eigenvalue weighted by molar-refractivity contribution is 6.30. The first kappa shape index (κ1) is 19.1. The summed E-state index contributed by atoms with van der Waals surface area (Å²) in [7, 11) is 6.09. The van der Waals surface area contributed by atoms with E-state index in [0.29, 0.717) is 22.1 Å². The summed E-state index contributed by atoms with van der Waals surface area (Å²) in [6, 6.07) is 12.8. The molecule has 0 saturated heterocycles. The first-order valence-corrected chi connectivity index (χ1v) is 8.99. The first-order valence-electron chi connectivity index (χ1n) is 8.61. The average molecular weight is 384 g/mol. The van der Waals surface area contributed by atoms with E-state index >= 15 is 0 Å². The predicted octanol–water partition coefficient (Wildman–Crippen LogP) is 4.97. The maximum absolute atomic E-state index is 11.2. The van der Waals surface area contributed by atoms with Crippen molar-refractivity contribution >= 4 is 17.9 Å². The minimum absolute atomic E-state index is 0.218. The van der Waals surface area contributed by atoms with E-state index in [1.54, 1.807) is 18.2 Å². The van der Waals surface area contributed by atoms with E-state index in [4.69, 9.17) is 16.3 Å². The standard InChI is InChI=1S/C21H22ClN3O2/c1-14(24(2)3)21-23-12-19(25(21)4)15-6-9-18(10-7-15)27-20-11-17(22)8-5-16(20)13-26/h5-14H,1-4H3/t14-/m1/s1. The van der Waals surface area contributed by atoms with E-state index in [0.717, 1.165) is 23.4 Å². The van der Waals surface area contributed by atoms with Gasteiger partial charge in [0.15, 0.2) is 6.29 Å². The summed E-state index contributed by atoms with van der Waals surface area (Å²) in [6.45, 7) is 2.12. The van der Waals surface area contributed by atoms with Crippen molar-refractivity contribution in [3.63, 3.8) is 0 Å². The molecule has 0 unspecified atom stereocenters. The van der Waals surface area contributed by atoms with Gasteiger partial charge in [0.05, 0.1) is 23.5 Å². The Labute approximate surface area is 164 Å². The van der Waals surface area contributed by atoms with Crippen LogP contribution in [0.15, 0.2) is 48.7 Å². The lowest BCUT2D eigenvalue weighted by Crippen LogP contribution is -2.20. The molecule has 0 aliphatic heterocycles. The summed E-state index contributed by atoms with van der Waals surface area (Å²) in [5.74, 6) is 2.07. The van der Waals surface area contributed by atoms with Gasteiger partial charge in [-0.15, -0.1) is 0 Å². The van der Waals surface area contributed by atoms with Crippen molar-refractivity contribution in [3.05, 3.63) is 65.1 Å². The van der Waals surface area contributed by atoms with Crippen molar-refractivity contribution in [2.24, 2.45) is 7.05 Å². The minimum atomic E-state index is 0.218. The molecule has 0 aliphatic carbocycles. The van der Waals surface area contributed by atoms with Crippen LogP contribution >= 0.6 is 11.6 Å². The minimum Gasteiger partial charge on any atom is -0.457 e. The van der Waals surface area contributed by atoms with Crippen LogP contribution in [0.2, 0.25) is 5.02 Å². The predicted molar refractivity (Wildman–Crippen MR) is 108 cm³/mol. The molecule has 0 spiro atoms. The van der Waals surface area contributed by atoms with E-state index in [2.05, 4.69) is 21.4 Å². The van der Waals surface area contributed by atoms with Gasteiger partial charge in [-0.25, -0.2) is 4.98 Å². The van der Waals surface area contributed by atoms with Gasteiger partial charge in [-0.2, -0.15) is 0 Å². The lowest BCUT2D eigenvalue weighted by Gasteiger charge is -2.19. The zero-order valence-electron chi connectivity index (χ0n) is 15.8. The van der Waals surface area contributed by atoms with Crippen LogP contribution < -0.4 is 4.74 Å². The molecule has 0 bridgehead atoms. The van der Waals surface area contributed by atoms with E-state index in [1.165, 1.54) is 0 Å². The third-order valence-electron chi connectivity index (χ3n) is 4.65. The van der Waals surface area contributed by atoms with Crippen LogP contribution in [0.4, 0.5) is 0 Å². The van der Waals surface area contributed by atoms with Crippen LogP contribution in [0.5, 0.6) is 11.5 Å². The van der Waals surface area contributed by atoms with Gasteiger partial charge in [0.25, 0.3) is 0 Å². The molecule has 0 aliphatic rings. The molecule has 1 heterocycles. The Morgan fingerprint density at radius 3 is 2.52 bits per heavy atom. The quantitative estimate of drug-likeness (QED) is 0.564. The Morgan fingerprint density at radius 2 is 1.89 bits per heavy atom. The molecule has 3 aromatic rings. The van der Waals surface area contributed by atoms with Gasteiger partial charge in [-0.3, -0.25) is 9.69 Å². The van der Waals surface area contributed by atoms with Crippen molar-refractivity contribution in [1.82, 2.24) is 14.5 Å². The van der Waals surface area contributed by atoms with Crippen LogP contribution in [0.3, 0.4) is 0 Å². The first-order chi connectivity index (χ1) is 12.9. The van der Waals surface area contributed by atoms with E-state index < -0.39 is 0 Å². The van der Waals surface area contributed by atoms with Crippen molar-refractivity contribution in [1.29, 1.82) is 0 Å². The van der Waals surface area contributed by atoms with Crippen LogP contribution in [0, 0.1) is 0 Å². The fraction of sp³-hybridized carbons (Fsp3) is 0.238. The van der Waals surface area contributed by atoms with Crippen LogP contribution in [-0.2, 0) is 7.05 Å². The summed E-state index contributed by atoms with van der Waals surface area (Å²) in [4.78, 5) is 17.9. The zero-order chi connectivity index (χ0) is 19.6. The second kappa shape index (κ2) is 7.94. The highest BCUT2D eigenvalue weighted by atomic mass is 35.5. The van der Waals surface area contributed by atoms with Gasteiger partial charge in [0, 0.05) is 23.7 Å². The third kappa shape index (κ3) is 4.04. The van der Waals surface area contributed by atoms with Crippen LogP contribution in [0.25, 0.3) is 11.3 Å². The highest BCUT2D eigenvalue weighted by Gasteiger charge is 2.16. The van der Waals surface area contributed by atoms with Crippen LogP contribution in [0.1, 0.15) is 29.1 Å². The Bertz CT molecular complexity index is 949. The molecule has 5 nitrogen and oxygen atoms in total. The Kier molecular flexibility index (Phi) is 5.63. The van der Waals surface area contributed by atoms with E-state index in [9.17, 15) is 4.79 Å². The number of halogens is 1. The van der Waals surface area contributed by atoms with Gasteiger partial charge < -0.3 is 9.30 Å². The molecule has 27 heavy (non-hydrogen) atoms. The number of hydrogen-bond acceptors (Lipinski definition) is 4. The second-order valence-corrected chi connectivity index (χ2v) is 7.06. The third-order valence-corrected chi connectivity index (χ3v) is 4.89. The molecule has 3 rings (SSSR count). The summed E-state index contributed by atoms with van der Waals surface area (Å²) in [5, 5.41) is 0.518. The fourth-order valence-corrected chi connectivity index (χ4v) is 2.99. The number of carbonyl (C=O) groups excluding carboxylic acids is 1. The second-order valence-electron chi connectivity index (χ2n) is 6.63. The largest absolute Gasteiger partial charge is 0.457 e. The fourth-order valence-electron chi connectivity index (χ4n) is 2.83. The molecule has 1 atom stereocenters. The van der Waals surface area contributed by atoms with Crippen molar-refractivity contribution in [2.45, 2.75) is 13.0 Å². The maximum Gasteiger partial charge on any atom is 0.153 e. The molecule has 0 fully saturated rings. The van der Waals surface area contributed by atoms with Gasteiger partial charge in [-0.1, -0.05) is 11.6 Å². The zero-order valence-corrected chi connectivity index (χ0v) is 16.6. The topological polar surface area (TPSA) is 47.4 Å². The lowest BCUT2D eigenvalue weighted by molar-refractivity contribution is 0.112.